The average molecular weight is 384 g/mol. The summed E-state index contributed by atoms with van der Waals surface area (Å²) in [6.45, 7) is 9.90. The Morgan fingerprint density at radius 3 is 2.54 bits per heavy atom. The van der Waals surface area contributed by atoms with Gasteiger partial charge >= 0.3 is 0 Å². The summed E-state index contributed by atoms with van der Waals surface area (Å²) in [7, 11) is 1.98. The van der Waals surface area contributed by atoms with Gasteiger partial charge in [-0.3, -0.25) is 4.90 Å². The number of hydrogen-bond acceptors (Lipinski definition) is 4. The predicted molar refractivity (Wildman–Crippen MR) is 113 cm³/mol. The fourth-order valence-corrected chi connectivity index (χ4v) is 3.63. The molecule has 7 heteroatoms. The van der Waals surface area contributed by atoms with Gasteiger partial charge in [0.2, 0.25) is 0 Å². The maximum Gasteiger partial charge on any atom is 0.191 e. The minimum Gasteiger partial charge on any atom is -0.357 e. The highest BCUT2D eigenvalue weighted by molar-refractivity contribution is 5.80. The van der Waals surface area contributed by atoms with Crippen molar-refractivity contribution >= 4 is 5.96 Å². The molecule has 2 N–H and O–H groups in total. The smallest absolute Gasteiger partial charge is 0.191 e. The highest BCUT2D eigenvalue weighted by atomic mass is 15.3. The van der Waals surface area contributed by atoms with Gasteiger partial charge in [0.05, 0.1) is 0 Å². The molecule has 1 fully saturated rings. The van der Waals surface area contributed by atoms with Gasteiger partial charge in [0, 0.05) is 38.8 Å². The number of hydrogen-bond donors (Lipinski definition) is 2. The zero-order chi connectivity index (χ0) is 19.9. The summed E-state index contributed by atoms with van der Waals surface area (Å²) in [4.78, 5) is 7.28. The number of likely N-dealkylation sites (tertiary alicyclic amines) is 1. The van der Waals surface area contributed by atoms with Crippen LogP contribution < -0.4 is 10.6 Å². The van der Waals surface area contributed by atoms with E-state index in [0.717, 1.165) is 50.1 Å². The first-order valence-corrected chi connectivity index (χ1v) is 10.3. The Balaban J connectivity index is 1.53. The molecule has 0 spiro atoms. The van der Waals surface area contributed by atoms with Crippen LogP contribution in [0.3, 0.4) is 0 Å². The van der Waals surface area contributed by atoms with E-state index in [-0.39, 0.29) is 0 Å². The second-order valence-corrected chi connectivity index (χ2v) is 7.46. The van der Waals surface area contributed by atoms with Crippen LogP contribution in [0.15, 0.2) is 35.3 Å². The molecule has 0 bridgehead atoms. The number of guanidine groups is 1. The molecule has 1 aliphatic rings. The lowest BCUT2D eigenvalue weighted by Crippen LogP contribution is -2.49. The van der Waals surface area contributed by atoms with Gasteiger partial charge in [0.25, 0.3) is 0 Å². The quantitative estimate of drug-likeness (QED) is 0.592. The van der Waals surface area contributed by atoms with Crippen molar-refractivity contribution in [2.45, 2.75) is 52.2 Å². The average Bonchev–Trinajstić information content (AvgIpc) is 3.05. The summed E-state index contributed by atoms with van der Waals surface area (Å²) in [6.07, 6.45) is 2.23. The van der Waals surface area contributed by atoms with Crippen LogP contribution in [0.5, 0.6) is 0 Å². The standard InChI is InChI=1S/C21H33N7/c1-5-22-21(23-15-20-26-25-17(3)27(20)4)24-19-11-13-28(14-12-19)16(2)18-9-7-6-8-10-18/h6-10,16,19H,5,11-15H2,1-4H3,(H2,22,23,24). The Kier molecular flexibility index (Phi) is 7.03. The molecular formula is C21H33N7. The van der Waals surface area contributed by atoms with Crippen molar-refractivity contribution < 1.29 is 0 Å². The molecule has 0 amide bonds. The van der Waals surface area contributed by atoms with E-state index < -0.39 is 0 Å². The van der Waals surface area contributed by atoms with Crippen LogP contribution >= 0.6 is 0 Å². The van der Waals surface area contributed by atoms with Crippen LogP contribution in [0.2, 0.25) is 0 Å². The van der Waals surface area contributed by atoms with E-state index in [0.29, 0.717) is 18.6 Å². The third-order valence-corrected chi connectivity index (χ3v) is 5.61. The van der Waals surface area contributed by atoms with E-state index >= 15 is 0 Å². The SMILES string of the molecule is CCNC(=NCc1nnc(C)n1C)NC1CCN(C(C)c2ccccc2)CC1. The number of benzene rings is 1. The molecule has 2 heterocycles. The van der Waals surface area contributed by atoms with Gasteiger partial charge in [-0.05, 0) is 39.2 Å². The van der Waals surface area contributed by atoms with E-state index in [4.69, 9.17) is 4.99 Å². The molecule has 1 atom stereocenters. The van der Waals surface area contributed by atoms with Crippen LogP contribution in [-0.2, 0) is 13.6 Å². The fraction of sp³-hybridized carbons (Fsp3) is 0.571. The highest BCUT2D eigenvalue weighted by Gasteiger charge is 2.24. The van der Waals surface area contributed by atoms with Crippen LogP contribution in [0.4, 0.5) is 0 Å². The Morgan fingerprint density at radius 1 is 1.21 bits per heavy atom. The van der Waals surface area contributed by atoms with E-state index in [1.807, 2.05) is 18.5 Å². The van der Waals surface area contributed by atoms with E-state index in [1.165, 1.54) is 5.56 Å². The predicted octanol–water partition coefficient (Wildman–Crippen LogP) is 2.40. The van der Waals surface area contributed by atoms with Crippen LogP contribution in [0.1, 0.15) is 49.9 Å². The molecule has 1 aromatic heterocycles. The minimum atomic E-state index is 0.443. The molecule has 3 rings (SSSR count). The Morgan fingerprint density at radius 2 is 1.93 bits per heavy atom. The second-order valence-electron chi connectivity index (χ2n) is 7.46. The third kappa shape index (κ3) is 5.10. The maximum atomic E-state index is 4.71. The largest absolute Gasteiger partial charge is 0.357 e. The normalized spacial score (nSPS) is 17.5. The first-order chi connectivity index (χ1) is 13.6. The van der Waals surface area contributed by atoms with Crippen molar-refractivity contribution in [1.82, 2.24) is 30.3 Å². The number of nitrogens with one attached hydrogen (secondary N) is 2. The van der Waals surface area contributed by atoms with Crippen molar-refractivity contribution in [3.8, 4) is 0 Å². The lowest BCUT2D eigenvalue weighted by Gasteiger charge is -2.37. The number of aryl methyl sites for hydroxylation is 1. The summed E-state index contributed by atoms with van der Waals surface area (Å²) >= 11 is 0. The van der Waals surface area contributed by atoms with Gasteiger partial charge < -0.3 is 15.2 Å². The lowest BCUT2D eigenvalue weighted by molar-refractivity contribution is 0.158. The van der Waals surface area contributed by atoms with Crippen LogP contribution in [0.25, 0.3) is 0 Å². The highest BCUT2D eigenvalue weighted by Crippen LogP contribution is 2.23. The summed E-state index contributed by atoms with van der Waals surface area (Å²) in [5.41, 5.74) is 1.39. The minimum absolute atomic E-state index is 0.443. The molecule has 152 valence electrons. The molecule has 0 saturated carbocycles. The molecular weight excluding hydrogens is 350 g/mol. The summed E-state index contributed by atoms with van der Waals surface area (Å²) in [5, 5.41) is 15.3. The van der Waals surface area contributed by atoms with Gasteiger partial charge in [-0.15, -0.1) is 10.2 Å². The van der Waals surface area contributed by atoms with Crippen molar-refractivity contribution in [1.29, 1.82) is 0 Å². The fourth-order valence-electron chi connectivity index (χ4n) is 3.63. The third-order valence-electron chi connectivity index (χ3n) is 5.61. The zero-order valence-electron chi connectivity index (χ0n) is 17.5. The molecule has 1 saturated heterocycles. The summed E-state index contributed by atoms with van der Waals surface area (Å²) in [5.74, 6) is 2.64. The number of aliphatic imine (C=N–C) groups is 1. The second kappa shape index (κ2) is 9.68. The van der Waals surface area contributed by atoms with E-state index in [2.05, 4.69) is 69.9 Å². The molecule has 28 heavy (non-hydrogen) atoms. The Labute approximate surface area is 168 Å². The van der Waals surface area contributed by atoms with Crippen LogP contribution in [0, 0.1) is 6.92 Å². The molecule has 1 aromatic carbocycles. The van der Waals surface area contributed by atoms with E-state index in [9.17, 15) is 0 Å². The molecule has 1 unspecified atom stereocenters. The van der Waals surface area contributed by atoms with Gasteiger partial charge in [0.1, 0.15) is 12.4 Å². The summed E-state index contributed by atoms with van der Waals surface area (Å²) < 4.78 is 1.98. The Bertz CT molecular complexity index is 760. The molecule has 0 radical (unpaired) electrons. The van der Waals surface area contributed by atoms with Crippen LogP contribution in [-0.4, -0.2) is 51.3 Å². The summed E-state index contributed by atoms with van der Waals surface area (Å²) in [6, 6.07) is 11.7. The van der Waals surface area contributed by atoms with Crippen molar-refractivity contribution in [3.05, 3.63) is 47.5 Å². The Hall–Kier alpha value is -2.41. The molecule has 1 aliphatic heterocycles. The first-order valence-electron chi connectivity index (χ1n) is 10.3. The molecule has 7 nitrogen and oxygen atoms in total. The number of nitrogens with zero attached hydrogens (tertiary/aromatic N) is 5. The van der Waals surface area contributed by atoms with Crippen molar-refractivity contribution in [2.75, 3.05) is 19.6 Å². The number of piperidine rings is 1. The molecule has 2 aromatic rings. The van der Waals surface area contributed by atoms with Gasteiger partial charge in [-0.2, -0.15) is 0 Å². The number of aromatic nitrogens is 3. The van der Waals surface area contributed by atoms with Crippen molar-refractivity contribution in [2.24, 2.45) is 12.0 Å². The zero-order valence-corrected chi connectivity index (χ0v) is 17.5. The maximum absolute atomic E-state index is 4.71. The van der Waals surface area contributed by atoms with Gasteiger partial charge in [-0.1, -0.05) is 30.3 Å². The topological polar surface area (TPSA) is 70.4 Å². The van der Waals surface area contributed by atoms with Gasteiger partial charge in [0.15, 0.2) is 11.8 Å². The van der Waals surface area contributed by atoms with Gasteiger partial charge in [-0.25, -0.2) is 4.99 Å². The molecule has 0 aliphatic carbocycles. The van der Waals surface area contributed by atoms with Crippen molar-refractivity contribution in [3.63, 3.8) is 0 Å². The monoisotopic (exact) mass is 383 g/mol. The number of rotatable bonds is 6. The lowest BCUT2D eigenvalue weighted by atomic mass is 10.0. The van der Waals surface area contributed by atoms with E-state index in [1.54, 1.807) is 0 Å². The first kappa shape index (κ1) is 20.3.